The van der Waals surface area contributed by atoms with Gasteiger partial charge in [0.05, 0.1) is 6.10 Å². The Balaban J connectivity index is 1.42. The molecular weight excluding hydrogens is 316 g/mol. The third kappa shape index (κ3) is 3.66. The molecule has 7 heteroatoms. The first-order valence-electron chi connectivity index (χ1n) is 8.95. The van der Waals surface area contributed by atoms with Gasteiger partial charge in [0.2, 0.25) is 5.95 Å². The second-order valence-corrected chi connectivity index (χ2v) is 6.64. The number of piperazine rings is 1. The van der Waals surface area contributed by atoms with Crippen molar-refractivity contribution >= 4 is 17.5 Å². The normalized spacial score (nSPS) is 21.5. The molecule has 1 atom stereocenters. The lowest BCUT2D eigenvalue weighted by molar-refractivity contribution is 0.154. The lowest BCUT2D eigenvalue weighted by Gasteiger charge is -2.36. The van der Waals surface area contributed by atoms with E-state index in [9.17, 15) is 5.11 Å². The molecule has 0 saturated carbocycles. The standard InChI is InChI=1S/C18H24N6O/c25-16-2-1-9-24(14-16)17-5-8-20-18(21-17)23-12-10-22(11-13-23)15-3-6-19-7-4-15/h3-8,16,25H,1-2,9-14H2. The first-order chi connectivity index (χ1) is 12.3. The molecule has 132 valence electrons. The Kier molecular flexibility index (Phi) is 4.65. The smallest absolute Gasteiger partial charge is 0.227 e. The third-order valence-electron chi connectivity index (χ3n) is 4.94. The summed E-state index contributed by atoms with van der Waals surface area (Å²) in [6, 6.07) is 6.04. The molecule has 4 rings (SSSR count). The minimum Gasteiger partial charge on any atom is -0.391 e. The van der Waals surface area contributed by atoms with Crippen molar-refractivity contribution in [1.29, 1.82) is 0 Å². The van der Waals surface area contributed by atoms with Crippen molar-refractivity contribution in [2.24, 2.45) is 0 Å². The molecule has 1 unspecified atom stereocenters. The number of anilines is 3. The first kappa shape index (κ1) is 16.1. The van der Waals surface area contributed by atoms with Gasteiger partial charge in [0, 0.05) is 63.5 Å². The Morgan fingerprint density at radius 3 is 2.40 bits per heavy atom. The molecular formula is C18H24N6O. The van der Waals surface area contributed by atoms with E-state index in [1.54, 1.807) is 0 Å². The van der Waals surface area contributed by atoms with Gasteiger partial charge in [0.1, 0.15) is 5.82 Å². The van der Waals surface area contributed by atoms with Gasteiger partial charge in [-0.05, 0) is 31.0 Å². The zero-order chi connectivity index (χ0) is 17.1. The van der Waals surface area contributed by atoms with E-state index >= 15 is 0 Å². The summed E-state index contributed by atoms with van der Waals surface area (Å²) >= 11 is 0. The quantitative estimate of drug-likeness (QED) is 0.899. The predicted molar refractivity (Wildman–Crippen MR) is 98.1 cm³/mol. The van der Waals surface area contributed by atoms with Gasteiger partial charge in [-0.15, -0.1) is 0 Å². The number of β-amino-alcohol motifs (C(OH)–C–C–N with tert-alkyl or cyclic N) is 1. The summed E-state index contributed by atoms with van der Waals surface area (Å²) in [4.78, 5) is 20.1. The van der Waals surface area contributed by atoms with Crippen LogP contribution < -0.4 is 14.7 Å². The molecule has 0 aromatic carbocycles. The van der Waals surface area contributed by atoms with Crippen LogP contribution in [-0.4, -0.2) is 65.4 Å². The highest BCUT2D eigenvalue weighted by Gasteiger charge is 2.22. The Morgan fingerprint density at radius 1 is 0.880 bits per heavy atom. The minimum atomic E-state index is -0.254. The number of aromatic nitrogens is 3. The molecule has 2 aliphatic heterocycles. The van der Waals surface area contributed by atoms with Crippen molar-refractivity contribution in [3.05, 3.63) is 36.8 Å². The average molecular weight is 340 g/mol. The average Bonchev–Trinajstić information content (AvgIpc) is 2.69. The molecule has 0 spiro atoms. The van der Waals surface area contributed by atoms with Gasteiger partial charge in [-0.25, -0.2) is 4.98 Å². The van der Waals surface area contributed by atoms with E-state index in [-0.39, 0.29) is 6.10 Å². The zero-order valence-electron chi connectivity index (χ0n) is 14.3. The molecule has 2 saturated heterocycles. The van der Waals surface area contributed by atoms with Crippen molar-refractivity contribution in [1.82, 2.24) is 15.0 Å². The molecule has 7 nitrogen and oxygen atoms in total. The van der Waals surface area contributed by atoms with Crippen molar-refractivity contribution in [2.45, 2.75) is 18.9 Å². The molecule has 0 bridgehead atoms. The fourth-order valence-corrected chi connectivity index (χ4v) is 3.55. The molecule has 2 aliphatic rings. The van der Waals surface area contributed by atoms with Gasteiger partial charge in [-0.2, -0.15) is 4.98 Å². The molecule has 2 aromatic heterocycles. The number of rotatable bonds is 3. The number of aliphatic hydroxyl groups is 1. The molecule has 0 amide bonds. The van der Waals surface area contributed by atoms with Crippen LogP contribution in [0.15, 0.2) is 36.8 Å². The zero-order valence-corrected chi connectivity index (χ0v) is 14.3. The van der Waals surface area contributed by atoms with Crippen molar-refractivity contribution < 1.29 is 5.11 Å². The molecule has 0 aliphatic carbocycles. The SMILES string of the molecule is OC1CCCN(c2ccnc(N3CCN(c4ccncc4)CC3)n2)C1. The van der Waals surface area contributed by atoms with Crippen LogP contribution in [0.5, 0.6) is 0 Å². The molecule has 25 heavy (non-hydrogen) atoms. The summed E-state index contributed by atoms with van der Waals surface area (Å²) in [5, 5.41) is 9.89. The summed E-state index contributed by atoms with van der Waals surface area (Å²) < 4.78 is 0. The largest absolute Gasteiger partial charge is 0.391 e. The maximum atomic E-state index is 9.89. The Labute approximate surface area is 147 Å². The molecule has 2 fully saturated rings. The van der Waals surface area contributed by atoms with E-state index in [4.69, 9.17) is 4.98 Å². The predicted octanol–water partition coefficient (Wildman–Crippen LogP) is 1.16. The summed E-state index contributed by atoms with van der Waals surface area (Å²) in [6.45, 7) is 5.29. The fourth-order valence-electron chi connectivity index (χ4n) is 3.55. The lowest BCUT2D eigenvalue weighted by Crippen LogP contribution is -2.47. The molecule has 4 heterocycles. The van der Waals surface area contributed by atoms with E-state index in [2.05, 4.69) is 36.8 Å². The number of pyridine rings is 1. The Morgan fingerprint density at radius 2 is 1.64 bits per heavy atom. The maximum absolute atomic E-state index is 9.89. The molecule has 1 N–H and O–H groups in total. The van der Waals surface area contributed by atoms with Gasteiger partial charge in [0.15, 0.2) is 0 Å². The highest BCUT2D eigenvalue weighted by Crippen LogP contribution is 2.21. The Bertz CT molecular complexity index is 689. The van der Waals surface area contributed by atoms with E-state index in [1.165, 1.54) is 5.69 Å². The van der Waals surface area contributed by atoms with E-state index in [1.807, 2.05) is 24.7 Å². The maximum Gasteiger partial charge on any atom is 0.227 e. The van der Waals surface area contributed by atoms with Crippen LogP contribution in [0.1, 0.15) is 12.8 Å². The van der Waals surface area contributed by atoms with Gasteiger partial charge >= 0.3 is 0 Å². The highest BCUT2D eigenvalue weighted by molar-refractivity contribution is 5.48. The van der Waals surface area contributed by atoms with Crippen LogP contribution in [0.4, 0.5) is 17.5 Å². The van der Waals surface area contributed by atoms with Crippen LogP contribution in [0, 0.1) is 0 Å². The van der Waals surface area contributed by atoms with E-state index in [0.717, 1.165) is 57.3 Å². The van der Waals surface area contributed by atoms with Crippen LogP contribution in [0.3, 0.4) is 0 Å². The lowest BCUT2D eigenvalue weighted by atomic mass is 10.1. The van der Waals surface area contributed by atoms with Gasteiger partial charge < -0.3 is 19.8 Å². The van der Waals surface area contributed by atoms with Crippen LogP contribution in [0.2, 0.25) is 0 Å². The van der Waals surface area contributed by atoms with Crippen molar-refractivity contribution in [3.63, 3.8) is 0 Å². The number of hydrogen-bond acceptors (Lipinski definition) is 7. The third-order valence-corrected chi connectivity index (χ3v) is 4.94. The number of piperidine rings is 1. The highest BCUT2D eigenvalue weighted by atomic mass is 16.3. The van der Waals surface area contributed by atoms with Crippen LogP contribution >= 0.6 is 0 Å². The number of hydrogen-bond donors (Lipinski definition) is 1. The number of nitrogens with zero attached hydrogens (tertiary/aromatic N) is 6. The van der Waals surface area contributed by atoms with Crippen molar-refractivity contribution in [3.8, 4) is 0 Å². The van der Waals surface area contributed by atoms with Crippen LogP contribution in [0.25, 0.3) is 0 Å². The first-order valence-corrected chi connectivity index (χ1v) is 8.95. The summed E-state index contributed by atoms with van der Waals surface area (Å²) in [5.74, 6) is 1.70. The van der Waals surface area contributed by atoms with Gasteiger partial charge in [0.25, 0.3) is 0 Å². The summed E-state index contributed by atoms with van der Waals surface area (Å²) in [6.07, 6.45) is 7.13. The van der Waals surface area contributed by atoms with Gasteiger partial charge in [-0.3, -0.25) is 4.98 Å². The van der Waals surface area contributed by atoms with Gasteiger partial charge in [-0.1, -0.05) is 0 Å². The second kappa shape index (κ2) is 7.23. The monoisotopic (exact) mass is 340 g/mol. The topological polar surface area (TPSA) is 68.6 Å². The Hall–Kier alpha value is -2.41. The van der Waals surface area contributed by atoms with E-state index < -0.39 is 0 Å². The molecule has 0 radical (unpaired) electrons. The fraction of sp³-hybridized carbons (Fsp3) is 0.500. The van der Waals surface area contributed by atoms with Crippen LogP contribution in [-0.2, 0) is 0 Å². The minimum absolute atomic E-state index is 0.254. The second-order valence-electron chi connectivity index (χ2n) is 6.64. The summed E-state index contributed by atoms with van der Waals surface area (Å²) in [5.41, 5.74) is 1.21. The number of aliphatic hydroxyl groups excluding tert-OH is 1. The van der Waals surface area contributed by atoms with E-state index in [0.29, 0.717) is 6.54 Å². The summed E-state index contributed by atoms with van der Waals surface area (Å²) in [7, 11) is 0. The van der Waals surface area contributed by atoms with Crippen molar-refractivity contribution in [2.75, 3.05) is 54.0 Å². The molecule has 2 aromatic rings.